The molecule has 0 radical (unpaired) electrons. The second-order valence-electron chi connectivity index (χ2n) is 4.52. The largest absolute Gasteiger partial charge is 0.314 e. The first-order valence-corrected chi connectivity index (χ1v) is 6.23. The van der Waals surface area contributed by atoms with Gasteiger partial charge in [-0.15, -0.1) is 0 Å². The molecule has 1 N–H and O–H groups in total. The smallest absolute Gasteiger partial charge is 0.0107 e. The molecule has 0 aromatic rings. The van der Waals surface area contributed by atoms with Gasteiger partial charge < -0.3 is 10.2 Å². The molecule has 1 aliphatic heterocycles. The van der Waals surface area contributed by atoms with Crippen molar-refractivity contribution >= 4 is 0 Å². The van der Waals surface area contributed by atoms with Gasteiger partial charge in [0, 0.05) is 26.2 Å². The van der Waals surface area contributed by atoms with Gasteiger partial charge in [0.15, 0.2) is 0 Å². The van der Waals surface area contributed by atoms with Crippen LogP contribution in [0.5, 0.6) is 0 Å². The van der Waals surface area contributed by atoms with E-state index in [4.69, 9.17) is 0 Å². The Bertz CT molecular complexity index is 215. The molecular formula is C13H22N2. The molecule has 0 unspecified atom stereocenters. The topological polar surface area (TPSA) is 15.3 Å². The molecule has 84 valence electrons. The van der Waals surface area contributed by atoms with E-state index in [0.717, 1.165) is 5.92 Å². The van der Waals surface area contributed by atoms with E-state index in [9.17, 15) is 0 Å². The molecule has 0 aromatic heterocycles. The van der Waals surface area contributed by atoms with E-state index in [1.165, 1.54) is 52.0 Å². The number of piperazine rings is 1. The molecule has 2 rings (SSSR count). The zero-order chi connectivity index (χ0) is 10.3. The maximum absolute atomic E-state index is 3.39. The number of unbranched alkanes of at least 4 members (excludes halogenated alkanes) is 1. The third-order valence-electron chi connectivity index (χ3n) is 3.30. The molecule has 0 spiro atoms. The van der Waals surface area contributed by atoms with Crippen molar-refractivity contribution in [2.45, 2.75) is 19.3 Å². The maximum atomic E-state index is 3.39. The Hall–Kier alpha value is -0.600. The molecule has 1 aliphatic carbocycles. The summed E-state index contributed by atoms with van der Waals surface area (Å²) in [6.07, 6.45) is 13.0. The van der Waals surface area contributed by atoms with Crippen LogP contribution in [-0.2, 0) is 0 Å². The lowest BCUT2D eigenvalue weighted by Gasteiger charge is -2.27. The summed E-state index contributed by atoms with van der Waals surface area (Å²) in [4.78, 5) is 2.58. The minimum atomic E-state index is 0.730. The predicted molar refractivity (Wildman–Crippen MR) is 64.9 cm³/mol. The second-order valence-corrected chi connectivity index (χ2v) is 4.52. The minimum absolute atomic E-state index is 0.730. The highest BCUT2D eigenvalue weighted by atomic mass is 15.2. The Morgan fingerprint density at radius 2 is 1.80 bits per heavy atom. The summed E-state index contributed by atoms with van der Waals surface area (Å²) in [5.41, 5.74) is 0. The highest BCUT2D eigenvalue weighted by Gasteiger charge is 2.09. The SMILES string of the molecule is C1=CC(CCCCN2CCNCC2)C=C1. The van der Waals surface area contributed by atoms with E-state index in [1.807, 2.05) is 0 Å². The highest BCUT2D eigenvalue weighted by molar-refractivity contribution is 5.17. The molecule has 1 heterocycles. The molecule has 15 heavy (non-hydrogen) atoms. The van der Waals surface area contributed by atoms with E-state index >= 15 is 0 Å². The molecule has 2 heteroatoms. The molecule has 2 aliphatic rings. The fraction of sp³-hybridized carbons (Fsp3) is 0.692. The first-order valence-electron chi connectivity index (χ1n) is 6.23. The molecule has 0 bridgehead atoms. The van der Waals surface area contributed by atoms with E-state index in [-0.39, 0.29) is 0 Å². The summed E-state index contributed by atoms with van der Waals surface area (Å²) < 4.78 is 0. The summed E-state index contributed by atoms with van der Waals surface area (Å²) >= 11 is 0. The number of hydrogen-bond donors (Lipinski definition) is 1. The van der Waals surface area contributed by atoms with Crippen molar-refractivity contribution in [1.29, 1.82) is 0 Å². The number of nitrogens with one attached hydrogen (secondary N) is 1. The van der Waals surface area contributed by atoms with E-state index in [2.05, 4.69) is 34.5 Å². The van der Waals surface area contributed by atoms with Crippen LogP contribution in [-0.4, -0.2) is 37.6 Å². The van der Waals surface area contributed by atoms with Gasteiger partial charge in [-0.1, -0.05) is 30.7 Å². The summed E-state index contributed by atoms with van der Waals surface area (Å²) in [5, 5.41) is 3.39. The normalized spacial score (nSPS) is 22.7. The second kappa shape index (κ2) is 6.09. The summed E-state index contributed by atoms with van der Waals surface area (Å²) in [6, 6.07) is 0. The Morgan fingerprint density at radius 1 is 1.07 bits per heavy atom. The van der Waals surface area contributed by atoms with Crippen LogP contribution < -0.4 is 5.32 Å². The summed E-state index contributed by atoms with van der Waals surface area (Å²) in [7, 11) is 0. The fourth-order valence-corrected chi connectivity index (χ4v) is 2.32. The average Bonchev–Trinajstić information content (AvgIpc) is 2.79. The first-order chi connectivity index (χ1) is 7.45. The summed E-state index contributed by atoms with van der Waals surface area (Å²) in [5.74, 6) is 0.730. The van der Waals surface area contributed by atoms with Crippen LogP contribution >= 0.6 is 0 Å². The van der Waals surface area contributed by atoms with Gasteiger partial charge in [0.2, 0.25) is 0 Å². The lowest BCUT2D eigenvalue weighted by Crippen LogP contribution is -2.43. The maximum Gasteiger partial charge on any atom is 0.0107 e. The van der Waals surface area contributed by atoms with Crippen molar-refractivity contribution in [3.05, 3.63) is 24.3 Å². The van der Waals surface area contributed by atoms with Gasteiger partial charge >= 0.3 is 0 Å². The van der Waals surface area contributed by atoms with Crippen LogP contribution in [0.1, 0.15) is 19.3 Å². The van der Waals surface area contributed by atoms with Gasteiger partial charge in [-0.25, -0.2) is 0 Å². The molecule has 0 saturated carbocycles. The Morgan fingerprint density at radius 3 is 2.53 bits per heavy atom. The van der Waals surface area contributed by atoms with Gasteiger partial charge in [-0.2, -0.15) is 0 Å². The van der Waals surface area contributed by atoms with E-state index in [0.29, 0.717) is 0 Å². The van der Waals surface area contributed by atoms with Crippen LogP contribution in [0.3, 0.4) is 0 Å². The van der Waals surface area contributed by atoms with Crippen molar-refractivity contribution in [2.75, 3.05) is 32.7 Å². The number of hydrogen-bond acceptors (Lipinski definition) is 2. The van der Waals surface area contributed by atoms with Crippen molar-refractivity contribution in [3.8, 4) is 0 Å². The third kappa shape index (κ3) is 3.80. The van der Waals surface area contributed by atoms with Gasteiger partial charge in [-0.3, -0.25) is 0 Å². The third-order valence-corrected chi connectivity index (χ3v) is 3.30. The molecule has 1 fully saturated rings. The number of nitrogens with zero attached hydrogens (tertiary/aromatic N) is 1. The molecule has 2 nitrogen and oxygen atoms in total. The Kier molecular flexibility index (Phi) is 4.42. The molecule has 0 aromatic carbocycles. The zero-order valence-electron chi connectivity index (χ0n) is 9.49. The minimum Gasteiger partial charge on any atom is -0.314 e. The quantitative estimate of drug-likeness (QED) is 0.690. The van der Waals surface area contributed by atoms with Crippen LogP contribution in [0.15, 0.2) is 24.3 Å². The highest BCUT2D eigenvalue weighted by Crippen LogP contribution is 2.16. The van der Waals surface area contributed by atoms with E-state index < -0.39 is 0 Å². The van der Waals surface area contributed by atoms with Crippen molar-refractivity contribution < 1.29 is 0 Å². The van der Waals surface area contributed by atoms with Crippen LogP contribution in [0.25, 0.3) is 0 Å². The first kappa shape index (κ1) is 10.9. The fourth-order valence-electron chi connectivity index (χ4n) is 2.32. The van der Waals surface area contributed by atoms with Gasteiger partial charge in [0.25, 0.3) is 0 Å². The molecule has 0 atom stereocenters. The molecular weight excluding hydrogens is 184 g/mol. The van der Waals surface area contributed by atoms with Crippen molar-refractivity contribution in [3.63, 3.8) is 0 Å². The zero-order valence-corrected chi connectivity index (χ0v) is 9.49. The van der Waals surface area contributed by atoms with Crippen LogP contribution in [0.4, 0.5) is 0 Å². The van der Waals surface area contributed by atoms with E-state index in [1.54, 1.807) is 0 Å². The molecule has 1 saturated heterocycles. The number of allylic oxidation sites excluding steroid dienone is 4. The summed E-state index contributed by atoms with van der Waals surface area (Å²) in [6.45, 7) is 6.12. The van der Waals surface area contributed by atoms with Crippen LogP contribution in [0.2, 0.25) is 0 Å². The Labute approximate surface area is 93.0 Å². The molecule has 0 amide bonds. The standard InChI is InChI=1S/C13H22N2/c1-2-6-13(5-1)7-3-4-10-15-11-8-14-9-12-15/h1-2,5-6,13-14H,3-4,7-12H2. The Balaban J connectivity index is 1.50. The predicted octanol–water partition coefficient (Wildman–Crippen LogP) is 1.80. The van der Waals surface area contributed by atoms with Crippen molar-refractivity contribution in [2.24, 2.45) is 5.92 Å². The lowest BCUT2D eigenvalue weighted by atomic mass is 10.0. The number of rotatable bonds is 5. The average molecular weight is 206 g/mol. The monoisotopic (exact) mass is 206 g/mol. The van der Waals surface area contributed by atoms with Gasteiger partial charge in [0.1, 0.15) is 0 Å². The lowest BCUT2D eigenvalue weighted by molar-refractivity contribution is 0.235. The van der Waals surface area contributed by atoms with Gasteiger partial charge in [0.05, 0.1) is 0 Å². The van der Waals surface area contributed by atoms with Crippen molar-refractivity contribution in [1.82, 2.24) is 10.2 Å². The van der Waals surface area contributed by atoms with Crippen LogP contribution in [0, 0.1) is 5.92 Å². The van der Waals surface area contributed by atoms with Gasteiger partial charge in [-0.05, 0) is 25.3 Å².